The molecule has 138 valence electrons. The lowest BCUT2D eigenvalue weighted by Gasteiger charge is -2.14. The first-order chi connectivity index (χ1) is 12.8. The number of ether oxygens (including phenoxy) is 1. The number of rotatable bonds is 5. The number of benzene rings is 1. The van der Waals surface area contributed by atoms with Crippen LogP contribution in [0, 0.1) is 6.92 Å². The molecule has 1 aromatic carbocycles. The van der Waals surface area contributed by atoms with E-state index in [0.717, 1.165) is 5.56 Å². The van der Waals surface area contributed by atoms with Crippen LogP contribution in [-0.4, -0.2) is 33.1 Å². The number of fused-ring (bicyclic) bond motifs is 1. The Hall–Kier alpha value is -3.48. The highest BCUT2D eigenvalue weighted by atomic mass is 16.5. The van der Waals surface area contributed by atoms with Crippen molar-refractivity contribution in [1.29, 1.82) is 0 Å². The molecule has 0 bridgehead atoms. The number of nitrogens with one attached hydrogen (secondary N) is 1. The topological polar surface area (TPSA) is 89.8 Å². The van der Waals surface area contributed by atoms with Gasteiger partial charge < -0.3 is 14.5 Å². The SMILES string of the molecule is CC(=O)c1ccccc1NC(=O)C(C)OC(=O)c1cn2ccc(C)cc2n1. The Morgan fingerprint density at radius 3 is 2.67 bits per heavy atom. The van der Waals surface area contributed by atoms with E-state index in [0.29, 0.717) is 16.9 Å². The number of hydrogen-bond donors (Lipinski definition) is 1. The third kappa shape index (κ3) is 4.03. The second-order valence-electron chi connectivity index (χ2n) is 6.23. The maximum Gasteiger partial charge on any atom is 0.359 e. The van der Waals surface area contributed by atoms with Crippen molar-refractivity contribution >= 4 is 29.0 Å². The molecule has 1 N–H and O–H groups in total. The van der Waals surface area contributed by atoms with Crippen LogP contribution in [0.3, 0.4) is 0 Å². The molecule has 0 aliphatic heterocycles. The van der Waals surface area contributed by atoms with E-state index in [-0.39, 0.29) is 11.5 Å². The second kappa shape index (κ2) is 7.41. The van der Waals surface area contributed by atoms with E-state index in [1.54, 1.807) is 41.1 Å². The molecular weight excluding hydrogens is 346 g/mol. The first kappa shape index (κ1) is 18.3. The normalized spacial score (nSPS) is 11.8. The van der Waals surface area contributed by atoms with Gasteiger partial charge in [0.1, 0.15) is 5.65 Å². The van der Waals surface area contributed by atoms with Crippen molar-refractivity contribution < 1.29 is 19.1 Å². The minimum atomic E-state index is -1.05. The molecule has 7 heteroatoms. The summed E-state index contributed by atoms with van der Waals surface area (Å²) in [7, 11) is 0. The Morgan fingerprint density at radius 1 is 1.19 bits per heavy atom. The summed E-state index contributed by atoms with van der Waals surface area (Å²) in [5, 5.41) is 2.62. The van der Waals surface area contributed by atoms with Crippen molar-refractivity contribution in [3.05, 3.63) is 65.6 Å². The van der Waals surface area contributed by atoms with Crippen molar-refractivity contribution in [2.75, 3.05) is 5.32 Å². The first-order valence-corrected chi connectivity index (χ1v) is 8.42. The zero-order valence-electron chi connectivity index (χ0n) is 15.2. The maximum absolute atomic E-state index is 12.3. The number of amides is 1. The van der Waals surface area contributed by atoms with Gasteiger partial charge in [-0.05, 0) is 50.6 Å². The summed E-state index contributed by atoms with van der Waals surface area (Å²) in [6, 6.07) is 10.4. The minimum Gasteiger partial charge on any atom is -0.448 e. The van der Waals surface area contributed by atoms with E-state index in [1.807, 2.05) is 19.1 Å². The lowest BCUT2D eigenvalue weighted by Crippen LogP contribution is -2.30. The Bertz CT molecular complexity index is 1040. The van der Waals surface area contributed by atoms with Crippen molar-refractivity contribution in [1.82, 2.24) is 9.38 Å². The van der Waals surface area contributed by atoms with Gasteiger partial charge in [0, 0.05) is 18.0 Å². The molecule has 3 rings (SSSR count). The smallest absolute Gasteiger partial charge is 0.359 e. The number of aryl methyl sites for hydroxylation is 1. The van der Waals surface area contributed by atoms with Gasteiger partial charge in [0.25, 0.3) is 5.91 Å². The molecule has 0 aliphatic carbocycles. The monoisotopic (exact) mass is 365 g/mol. The number of anilines is 1. The lowest BCUT2D eigenvalue weighted by atomic mass is 10.1. The highest BCUT2D eigenvalue weighted by Crippen LogP contribution is 2.16. The van der Waals surface area contributed by atoms with Crippen LogP contribution in [-0.2, 0) is 9.53 Å². The quantitative estimate of drug-likeness (QED) is 0.554. The number of aromatic nitrogens is 2. The molecule has 3 aromatic rings. The molecule has 2 aromatic heterocycles. The van der Waals surface area contributed by atoms with Crippen LogP contribution >= 0.6 is 0 Å². The summed E-state index contributed by atoms with van der Waals surface area (Å²) in [4.78, 5) is 40.5. The second-order valence-corrected chi connectivity index (χ2v) is 6.23. The van der Waals surface area contributed by atoms with Crippen molar-refractivity contribution in [3.8, 4) is 0 Å². The fourth-order valence-corrected chi connectivity index (χ4v) is 2.59. The van der Waals surface area contributed by atoms with Crippen molar-refractivity contribution in [2.45, 2.75) is 26.9 Å². The van der Waals surface area contributed by atoms with E-state index in [4.69, 9.17) is 4.74 Å². The summed E-state index contributed by atoms with van der Waals surface area (Å²) < 4.78 is 6.92. The van der Waals surface area contributed by atoms with Gasteiger partial charge >= 0.3 is 5.97 Å². The van der Waals surface area contributed by atoms with Gasteiger partial charge in [-0.3, -0.25) is 9.59 Å². The molecule has 0 saturated heterocycles. The van der Waals surface area contributed by atoms with Crippen LogP contribution < -0.4 is 5.32 Å². The molecule has 7 nitrogen and oxygen atoms in total. The predicted molar refractivity (Wildman–Crippen MR) is 99.9 cm³/mol. The van der Waals surface area contributed by atoms with Crippen LogP contribution in [0.5, 0.6) is 0 Å². The Morgan fingerprint density at radius 2 is 1.93 bits per heavy atom. The zero-order chi connectivity index (χ0) is 19.6. The Labute approximate surface area is 156 Å². The van der Waals surface area contributed by atoms with Crippen LogP contribution in [0.15, 0.2) is 48.8 Å². The van der Waals surface area contributed by atoms with E-state index in [9.17, 15) is 14.4 Å². The fraction of sp³-hybridized carbons (Fsp3) is 0.200. The standard InChI is InChI=1S/C20H19N3O4/c1-12-8-9-23-11-17(21-18(23)10-12)20(26)27-14(3)19(25)22-16-7-5-4-6-15(16)13(2)24/h4-11,14H,1-3H3,(H,22,25). The third-order valence-electron chi connectivity index (χ3n) is 4.04. The number of carbonyl (C=O) groups excluding carboxylic acids is 3. The molecule has 2 heterocycles. The van der Waals surface area contributed by atoms with Gasteiger partial charge in [0.15, 0.2) is 17.6 Å². The minimum absolute atomic E-state index is 0.115. The molecule has 1 amide bonds. The summed E-state index contributed by atoms with van der Waals surface area (Å²) in [5.41, 5.74) is 2.52. The van der Waals surface area contributed by atoms with Gasteiger partial charge in [-0.25, -0.2) is 9.78 Å². The molecule has 0 saturated carbocycles. The average molecular weight is 365 g/mol. The predicted octanol–water partition coefficient (Wildman–Crippen LogP) is 3.03. The molecule has 0 radical (unpaired) electrons. The first-order valence-electron chi connectivity index (χ1n) is 8.42. The Kier molecular flexibility index (Phi) is 5.03. The number of Topliss-reactive ketones (excluding diaryl/α,β-unsaturated/α-hetero) is 1. The number of esters is 1. The van der Waals surface area contributed by atoms with Crippen LogP contribution in [0.2, 0.25) is 0 Å². The lowest BCUT2D eigenvalue weighted by molar-refractivity contribution is -0.123. The van der Waals surface area contributed by atoms with E-state index in [2.05, 4.69) is 10.3 Å². The number of hydrogen-bond acceptors (Lipinski definition) is 5. The third-order valence-corrected chi connectivity index (χ3v) is 4.04. The molecule has 1 unspecified atom stereocenters. The van der Waals surface area contributed by atoms with Crippen LogP contribution in [0.1, 0.15) is 40.3 Å². The molecule has 0 fully saturated rings. The number of carbonyl (C=O) groups is 3. The van der Waals surface area contributed by atoms with Crippen LogP contribution in [0.4, 0.5) is 5.69 Å². The largest absolute Gasteiger partial charge is 0.448 e. The number of pyridine rings is 1. The number of nitrogens with zero attached hydrogens (tertiary/aromatic N) is 2. The van der Waals surface area contributed by atoms with Crippen molar-refractivity contribution in [2.24, 2.45) is 0 Å². The molecule has 0 spiro atoms. The van der Waals surface area contributed by atoms with Crippen molar-refractivity contribution in [3.63, 3.8) is 0 Å². The molecular formula is C20H19N3O4. The summed E-state index contributed by atoms with van der Waals surface area (Å²) in [5.74, 6) is -1.40. The van der Waals surface area contributed by atoms with Gasteiger partial charge in [-0.1, -0.05) is 12.1 Å². The van der Waals surface area contributed by atoms with Gasteiger partial charge in [0.2, 0.25) is 0 Å². The number of para-hydroxylation sites is 1. The van der Waals surface area contributed by atoms with Gasteiger partial charge in [0.05, 0.1) is 5.69 Å². The molecule has 27 heavy (non-hydrogen) atoms. The average Bonchev–Trinajstić information content (AvgIpc) is 3.05. The summed E-state index contributed by atoms with van der Waals surface area (Å²) >= 11 is 0. The number of ketones is 1. The fourth-order valence-electron chi connectivity index (χ4n) is 2.59. The molecule has 0 aliphatic rings. The highest BCUT2D eigenvalue weighted by molar-refractivity contribution is 6.05. The van der Waals surface area contributed by atoms with Crippen LogP contribution in [0.25, 0.3) is 5.65 Å². The van der Waals surface area contributed by atoms with Gasteiger partial charge in [-0.2, -0.15) is 0 Å². The van der Waals surface area contributed by atoms with E-state index in [1.165, 1.54) is 13.8 Å². The zero-order valence-corrected chi connectivity index (χ0v) is 15.2. The van der Waals surface area contributed by atoms with E-state index < -0.39 is 18.0 Å². The van der Waals surface area contributed by atoms with Gasteiger partial charge in [-0.15, -0.1) is 0 Å². The van der Waals surface area contributed by atoms with E-state index >= 15 is 0 Å². The number of imidazole rings is 1. The summed E-state index contributed by atoms with van der Waals surface area (Å²) in [6.45, 7) is 4.81. The maximum atomic E-state index is 12.3. The summed E-state index contributed by atoms with van der Waals surface area (Å²) in [6.07, 6.45) is 2.29. The highest BCUT2D eigenvalue weighted by Gasteiger charge is 2.22. The molecule has 1 atom stereocenters. The Balaban J connectivity index is 1.70.